The van der Waals surface area contributed by atoms with Crippen molar-refractivity contribution in [2.75, 3.05) is 12.4 Å². The number of carbonyl (C=O) groups is 1. The van der Waals surface area contributed by atoms with Crippen molar-refractivity contribution in [2.45, 2.75) is 57.0 Å². The van der Waals surface area contributed by atoms with Crippen LogP contribution in [0.2, 0.25) is 0 Å². The van der Waals surface area contributed by atoms with Crippen molar-refractivity contribution in [3.05, 3.63) is 53.6 Å². The highest BCUT2D eigenvalue weighted by molar-refractivity contribution is 7.89. The highest BCUT2D eigenvalue weighted by atomic mass is 32.2. The summed E-state index contributed by atoms with van der Waals surface area (Å²) in [5, 5.41) is 2.64. The van der Waals surface area contributed by atoms with E-state index in [1.165, 1.54) is 31.7 Å². The molecular formula is C22H28N2O4S. The molecule has 2 aromatic carbocycles. The maximum atomic E-state index is 13.4. The van der Waals surface area contributed by atoms with Crippen LogP contribution in [0.4, 0.5) is 5.69 Å². The normalized spacial score (nSPS) is 14.3. The van der Waals surface area contributed by atoms with Crippen molar-refractivity contribution in [3.8, 4) is 5.75 Å². The Morgan fingerprint density at radius 1 is 1.17 bits per heavy atom. The van der Waals surface area contributed by atoms with Gasteiger partial charge in [-0.15, -0.1) is 0 Å². The molecule has 3 rings (SSSR count). The summed E-state index contributed by atoms with van der Waals surface area (Å²) in [7, 11) is -2.24. The van der Waals surface area contributed by atoms with Gasteiger partial charge in [0.05, 0.1) is 17.7 Å². The molecule has 0 bridgehead atoms. The van der Waals surface area contributed by atoms with E-state index in [0.717, 1.165) is 18.4 Å². The summed E-state index contributed by atoms with van der Waals surface area (Å²) in [6.45, 7) is 5.96. The van der Waals surface area contributed by atoms with Crippen molar-refractivity contribution in [1.82, 2.24) is 4.31 Å². The van der Waals surface area contributed by atoms with E-state index in [4.69, 9.17) is 4.74 Å². The third-order valence-corrected chi connectivity index (χ3v) is 6.92. The Bertz CT molecular complexity index is 980. The van der Waals surface area contributed by atoms with Crippen molar-refractivity contribution in [2.24, 2.45) is 0 Å². The lowest BCUT2D eigenvalue weighted by Crippen LogP contribution is -2.32. The van der Waals surface area contributed by atoms with Gasteiger partial charge in [-0.3, -0.25) is 4.79 Å². The number of ether oxygens (including phenoxy) is 1. The molecule has 0 unspecified atom stereocenters. The van der Waals surface area contributed by atoms with Crippen LogP contribution >= 0.6 is 0 Å². The highest BCUT2D eigenvalue weighted by Crippen LogP contribution is 2.36. The fraction of sp³-hybridized carbons (Fsp3) is 0.409. The lowest BCUT2D eigenvalue weighted by atomic mass is 10.0. The number of nitrogens with one attached hydrogen (secondary N) is 1. The van der Waals surface area contributed by atoms with Crippen molar-refractivity contribution < 1.29 is 17.9 Å². The molecule has 1 N–H and O–H groups in total. The van der Waals surface area contributed by atoms with Crippen LogP contribution in [0.25, 0.3) is 0 Å². The number of methoxy groups -OCH3 is 1. The number of nitrogens with zero attached hydrogens (tertiary/aromatic N) is 1. The quantitative estimate of drug-likeness (QED) is 0.702. The first-order valence-corrected chi connectivity index (χ1v) is 11.2. The molecule has 1 amide bonds. The Balaban J connectivity index is 1.91. The monoisotopic (exact) mass is 416 g/mol. The maximum Gasteiger partial charge on any atom is 0.243 e. The average Bonchev–Trinajstić information content (AvgIpc) is 3.50. The van der Waals surface area contributed by atoms with Crippen LogP contribution in [0.3, 0.4) is 0 Å². The molecule has 0 aromatic heterocycles. The number of rotatable bonds is 8. The van der Waals surface area contributed by atoms with Crippen LogP contribution in [0.1, 0.15) is 50.7 Å². The number of anilines is 1. The second kappa shape index (κ2) is 8.55. The summed E-state index contributed by atoms with van der Waals surface area (Å²) >= 11 is 0. The Morgan fingerprint density at radius 2 is 1.83 bits per heavy atom. The van der Waals surface area contributed by atoms with E-state index in [-0.39, 0.29) is 16.8 Å². The van der Waals surface area contributed by atoms with Gasteiger partial charge in [-0.05, 0) is 48.1 Å². The van der Waals surface area contributed by atoms with E-state index < -0.39 is 10.0 Å². The predicted molar refractivity (Wildman–Crippen MR) is 114 cm³/mol. The molecule has 0 heterocycles. The van der Waals surface area contributed by atoms with Crippen LogP contribution in [0, 0.1) is 0 Å². The molecule has 29 heavy (non-hydrogen) atoms. The van der Waals surface area contributed by atoms with Crippen molar-refractivity contribution in [3.63, 3.8) is 0 Å². The molecular weight excluding hydrogens is 388 g/mol. The van der Waals surface area contributed by atoms with E-state index in [9.17, 15) is 13.2 Å². The lowest BCUT2D eigenvalue weighted by molar-refractivity contribution is -0.114. The fourth-order valence-electron chi connectivity index (χ4n) is 3.23. The zero-order chi connectivity index (χ0) is 21.2. The third-order valence-electron chi connectivity index (χ3n) is 5.03. The SMILES string of the molecule is COc1ccc(S(=O)(=O)N(Cc2ccc(C(C)C)cc2)C2CC2)cc1NC(C)=O. The first kappa shape index (κ1) is 21.3. The first-order chi connectivity index (χ1) is 13.7. The Morgan fingerprint density at radius 3 is 2.34 bits per heavy atom. The first-order valence-electron chi connectivity index (χ1n) is 9.78. The summed E-state index contributed by atoms with van der Waals surface area (Å²) in [6.07, 6.45) is 1.72. The summed E-state index contributed by atoms with van der Waals surface area (Å²) < 4.78 is 33.6. The van der Waals surface area contributed by atoms with Crippen molar-refractivity contribution in [1.29, 1.82) is 0 Å². The van der Waals surface area contributed by atoms with Gasteiger partial charge in [0.25, 0.3) is 0 Å². The van der Waals surface area contributed by atoms with Gasteiger partial charge in [-0.1, -0.05) is 38.1 Å². The topological polar surface area (TPSA) is 75.7 Å². The fourth-order valence-corrected chi connectivity index (χ4v) is 4.93. The molecule has 156 valence electrons. The van der Waals surface area contributed by atoms with Crippen LogP contribution < -0.4 is 10.1 Å². The molecule has 6 nitrogen and oxygen atoms in total. The maximum absolute atomic E-state index is 13.4. The highest BCUT2D eigenvalue weighted by Gasteiger charge is 2.38. The van der Waals surface area contributed by atoms with Gasteiger partial charge in [0.1, 0.15) is 5.75 Å². The average molecular weight is 417 g/mol. The van der Waals surface area contributed by atoms with Gasteiger partial charge >= 0.3 is 0 Å². The number of hydrogen-bond donors (Lipinski definition) is 1. The molecule has 0 aliphatic heterocycles. The molecule has 1 fully saturated rings. The standard InChI is InChI=1S/C22H28N2O4S/c1-15(2)18-7-5-17(6-8-18)14-24(19-9-10-19)29(26,27)20-11-12-22(28-4)21(13-20)23-16(3)25/h5-8,11-13,15,19H,9-10,14H2,1-4H3,(H,23,25). The van der Waals surface area contributed by atoms with Crippen LogP contribution in [0.5, 0.6) is 5.75 Å². The Hall–Kier alpha value is -2.38. The summed E-state index contributed by atoms with van der Waals surface area (Å²) in [5.74, 6) is 0.558. The second-order valence-electron chi connectivity index (χ2n) is 7.72. The third kappa shape index (κ3) is 4.97. The minimum absolute atomic E-state index is 0.0103. The van der Waals surface area contributed by atoms with E-state index >= 15 is 0 Å². The minimum Gasteiger partial charge on any atom is -0.495 e. The predicted octanol–water partition coefficient (Wildman–Crippen LogP) is 4.13. The Labute approximate surface area is 172 Å². The van der Waals surface area contributed by atoms with Crippen LogP contribution in [-0.4, -0.2) is 31.8 Å². The molecule has 1 aliphatic rings. The zero-order valence-corrected chi connectivity index (χ0v) is 18.1. The number of benzene rings is 2. The van der Waals surface area contributed by atoms with Gasteiger partial charge in [-0.25, -0.2) is 8.42 Å². The Kier molecular flexibility index (Phi) is 6.29. The molecule has 0 radical (unpaired) electrons. The number of sulfonamides is 1. The van der Waals surface area contributed by atoms with Gasteiger partial charge in [0, 0.05) is 19.5 Å². The molecule has 2 aromatic rings. The second-order valence-corrected chi connectivity index (χ2v) is 9.61. The van der Waals surface area contributed by atoms with E-state index in [1.807, 2.05) is 12.1 Å². The van der Waals surface area contributed by atoms with Crippen molar-refractivity contribution >= 4 is 21.6 Å². The van der Waals surface area contributed by atoms with Crippen LogP contribution in [-0.2, 0) is 21.4 Å². The molecule has 1 saturated carbocycles. The van der Waals surface area contributed by atoms with Gasteiger partial charge in [-0.2, -0.15) is 4.31 Å². The number of amides is 1. The largest absolute Gasteiger partial charge is 0.495 e. The zero-order valence-electron chi connectivity index (χ0n) is 17.3. The molecule has 0 saturated heterocycles. The van der Waals surface area contributed by atoms with Gasteiger partial charge in [0.15, 0.2) is 0 Å². The molecule has 0 atom stereocenters. The number of carbonyl (C=O) groups excluding carboxylic acids is 1. The van der Waals surface area contributed by atoms with E-state index in [2.05, 4.69) is 31.3 Å². The smallest absolute Gasteiger partial charge is 0.243 e. The van der Waals surface area contributed by atoms with E-state index in [0.29, 0.717) is 23.9 Å². The number of hydrogen-bond acceptors (Lipinski definition) is 4. The summed E-state index contributed by atoms with van der Waals surface area (Å²) in [6, 6.07) is 12.7. The lowest BCUT2D eigenvalue weighted by Gasteiger charge is -2.23. The molecule has 0 spiro atoms. The van der Waals surface area contributed by atoms with Crippen LogP contribution in [0.15, 0.2) is 47.4 Å². The van der Waals surface area contributed by atoms with Gasteiger partial charge in [0.2, 0.25) is 15.9 Å². The summed E-state index contributed by atoms with van der Waals surface area (Å²) in [4.78, 5) is 11.6. The molecule has 7 heteroatoms. The summed E-state index contributed by atoms with van der Waals surface area (Å²) in [5.41, 5.74) is 2.53. The minimum atomic E-state index is -3.72. The molecule has 1 aliphatic carbocycles. The van der Waals surface area contributed by atoms with Gasteiger partial charge < -0.3 is 10.1 Å². The van der Waals surface area contributed by atoms with E-state index in [1.54, 1.807) is 10.4 Å².